The molecule has 132 valence electrons. The number of aromatic nitrogens is 2. The van der Waals surface area contributed by atoms with Crippen molar-refractivity contribution in [2.24, 2.45) is 5.10 Å². The minimum atomic E-state index is -0.576. The van der Waals surface area contributed by atoms with Gasteiger partial charge in [0.15, 0.2) is 5.76 Å². The third-order valence-electron chi connectivity index (χ3n) is 3.35. The minimum absolute atomic E-state index is 0.335. The average molecular weight is 390 g/mol. The summed E-state index contributed by atoms with van der Waals surface area (Å²) in [7, 11) is 0. The van der Waals surface area contributed by atoms with Crippen LogP contribution in [-0.4, -0.2) is 22.4 Å². The second kappa shape index (κ2) is 7.99. The molecule has 0 bridgehead atoms. The third kappa shape index (κ3) is 4.01. The molecule has 0 unspecified atom stereocenters. The van der Waals surface area contributed by atoms with E-state index in [1.165, 1.54) is 6.21 Å². The first-order chi connectivity index (χ1) is 12.6. The summed E-state index contributed by atoms with van der Waals surface area (Å²) in [6.07, 6.45) is 3.05. The van der Waals surface area contributed by atoms with E-state index in [0.29, 0.717) is 38.4 Å². The van der Waals surface area contributed by atoms with Gasteiger partial charge in [-0.3, -0.25) is 4.98 Å². The second-order valence-corrected chi connectivity index (χ2v) is 5.95. The van der Waals surface area contributed by atoms with Gasteiger partial charge in [-0.1, -0.05) is 40.5 Å². The number of benzene rings is 1. The number of halogens is 2. The first kappa shape index (κ1) is 17.9. The molecular weight excluding hydrogens is 377 g/mol. The number of carbonyl (C=O) groups is 1. The molecule has 0 radical (unpaired) electrons. The number of rotatable bonds is 4. The van der Waals surface area contributed by atoms with Crippen LogP contribution in [0.15, 0.2) is 52.2 Å². The van der Waals surface area contributed by atoms with Gasteiger partial charge < -0.3 is 9.84 Å². The zero-order chi connectivity index (χ0) is 18.5. The van der Waals surface area contributed by atoms with Crippen molar-refractivity contribution in [2.45, 2.75) is 6.92 Å². The summed E-state index contributed by atoms with van der Waals surface area (Å²) in [4.78, 5) is 16.2. The van der Waals surface area contributed by atoms with Crippen LogP contribution in [0.4, 0.5) is 10.5 Å². The van der Waals surface area contributed by atoms with E-state index in [2.05, 4.69) is 26.0 Å². The monoisotopic (exact) mass is 389 g/mol. The van der Waals surface area contributed by atoms with E-state index in [9.17, 15) is 4.79 Å². The number of carbonyl (C=O) groups excluding carboxylic acids is 1. The maximum Gasteiger partial charge on any atom is 0.339 e. The Morgan fingerprint density at radius 3 is 2.65 bits per heavy atom. The fourth-order valence-electron chi connectivity index (χ4n) is 2.16. The molecule has 9 heteroatoms. The Balaban J connectivity index is 1.77. The van der Waals surface area contributed by atoms with E-state index in [1.807, 2.05) is 6.07 Å². The molecule has 0 aliphatic carbocycles. The van der Waals surface area contributed by atoms with Crippen LogP contribution in [0.2, 0.25) is 10.0 Å². The number of hydrogen-bond acceptors (Lipinski definition) is 5. The maximum atomic E-state index is 12.1. The summed E-state index contributed by atoms with van der Waals surface area (Å²) >= 11 is 12.4. The predicted molar refractivity (Wildman–Crippen MR) is 101 cm³/mol. The molecule has 2 amide bonds. The van der Waals surface area contributed by atoms with Crippen LogP contribution in [0.5, 0.6) is 0 Å². The normalized spacial score (nSPS) is 10.9. The Morgan fingerprint density at radius 2 is 1.96 bits per heavy atom. The van der Waals surface area contributed by atoms with E-state index in [4.69, 9.17) is 27.7 Å². The summed E-state index contributed by atoms with van der Waals surface area (Å²) in [5.74, 6) is 0.403. The predicted octanol–water partition coefficient (Wildman–Crippen LogP) is 4.51. The summed E-state index contributed by atoms with van der Waals surface area (Å²) in [5, 5.41) is 11.2. The molecule has 0 saturated carbocycles. The van der Waals surface area contributed by atoms with Crippen molar-refractivity contribution in [3.63, 3.8) is 0 Å². The average Bonchev–Trinajstić information content (AvgIpc) is 2.96. The van der Waals surface area contributed by atoms with Gasteiger partial charge in [0, 0.05) is 11.8 Å². The van der Waals surface area contributed by atoms with Gasteiger partial charge in [0.25, 0.3) is 0 Å². The molecule has 2 aromatic heterocycles. The van der Waals surface area contributed by atoms with Gasteiger partial charge >= 0.3 is 6.03 Å². The lowest BCUT2D eigenvalue weighted by molar-refractivity contribution is 0.252. The van der Waals surface area contributed by atoms with Crippen LogP contribution < -0.4 is 10.7 Å². The molecule has 1 aromatic carbocycles. The molecule has 0 spiro atoms. The van der Waals surface area contributed by atoms with Crippen LogP contribution in [0, 0.1) is 6.92 Å². The topological polar surface area (TPSA) is 92.4 Å². The zero-order valence-electron chi connectivity index (χ0n) is 13.5. The van der Waals surface area contributed by atoms with Crippen molar-refractivity contribution in [3.05, 3.63) is 64.1 Å². The zero-order valence-corrected chi connectivity index (χ0v) is 15.0. The molecule has 0 aliphatic heterocycles. The Bertz CT molecular complexity index is 937. The van der Waals surface area contributed by atoms with Gasteiger partial charge in [-0.15, -0.1) is 0 Å². The highest BCUT2D eigenvalue weighted by Crippen LogP contribution is 2.39. The Morgan fingerprint density at radius 1 is 1.19 bits per heavy atom. The van der Waals surface area contributed by atoms with Crippen LogP contribution in [0.1, 0.15) is 11.5 Å². The van der Waals surface area contributed by atoms with E-state index in [0.717, 1.165) is 0 Å². The summed E-state index contributed by atoms with van der Waals surface area (Å²) < 4.78 is 5.18. The number of hydrazone groups is 1. The Hall–Kier alpha value is -2.90. The number of urea groups is 1. The number of nitrogens with zero attached hydrogens (tertiary/aromatic N) is 3. The van der Waals surface area contributed by atoms with Crippen LogP contribution >= 0.6 is 23.2 Å². The van der Waals surface area contributed by atoms with Crippen molar-refractivity contribution in [1.29, 1.82) is 0 Å². The lowest BCUT2D eigenvalue weighted by Crippen LogP contribution is -2.24. The molecule has 7 nitrogen and oxygen atoms in total. The van der Waals surface area contributed by atoms with E-state index >= 15 is 0 Å². The SMILES string of the molecule is Cc1onc(-c2c(Cl)cccc2Cl)c1NC(=O)N/N=C/c1ccccn1. The summed E-state index contributed by atoms with van der Waals surface area (Å²) in [5.41, 5.74) is 4.12. The Kier molecular flexibility index (Phi) is 5.50. The smallest absolute Gasteiger partial charge is 0.339 e. The molecule has 0 atom stereocenters. The largest absolute Gasteiger partial charge is 0.359 e. The molecular formula is C17H13Cl2N5O2. The highest BCUT2D eigenvalue weighted by atomic mass is 35.5. The van der Waals surface area contributed by atoms with Gasteiger partial charge in [0.1, 0.15) is 11.4 Å². The Labute approximate surface area is 159 Å². The van der Waals surface area contributed by atoms with Crippen LogP contribution in [-0.2, 0) is 0 Å². The molecule has 3 rings (SSSR count). The van der Waals surface area contributed by atoms with Gasteiger partial charge in [0.05, 0.1) is 22.0 Å². The lowest BCUT2D eigenvalue weighted by atomic mass is 10.1. The molecule has 0 fully saturated rings. The molecule has 0 saturated heterocycles. The van der Waals surface area contributed by atoms with Crippen molar-refractivity contribution in [3.8, 4) is 11.3 Å². The number of aryl methyl sites for hydroxylation is 1. The standard InChI is InChI=1S/C17H13Cl2N5O2/c1-10-15(16(24-26-10)14-12(18)6-4-7-13(14)19)22-17(25)23-21-9-11-5-2-3-8-20-11/h2-9H,1H3,(H2,22,23,25)/b21-9+. The number of nitrogens with one attached hydrogen (secondary N) is 2. The van der Waals surface area contributed by atoms with Crippen molar-refractivity contribution in [2.75, 3.05) is 5.32 Å². The quantitative estimate of drug-likeness (QED) is 0.507. The number of hydrogen-bond donors (Lipinski definition) is 2. The molecule has 2 heterocycles. The molecule has 3 aromatic rings. The van der Waals surface area contributed by atoms with Gasteiger partial charge in [-0.05, 0) is 31.2 Å². The maximum absolute atomic E-state index is 12.1. The number of amides is 2. The first-order valence-corrected chi connectivity index (χ1v) is 8.23. The summed E-state index contributed by atoms with van der Waals surface area (Å²) in [6, 6.07) is 9.84. The van der Waals surface area contributed by atoms with Gasteiger partial charge in [-0.2, -0.15) is 5.10 Å². The van der Waals surface area contributed by atoms with E-state index < -0.39 is 6.03 Å². The highest BCUT2D eigenvalue weighted by Gasteiger charge is 2.21. The van der Waals surface area contributed by atoms with Crippen molar-refractivity contribution < 1.29 is 9.32 Å². The van der Waals surface area contributed by atoms with Gasteiger partial charge in [0.2, 0.25) is 0 Å². The van der Waals surface area contributed by atoms with Crippen LogP contribution in [0.25, 0.3) is 11.3 Å². The first-order valence-electron chi connectivity index (χ1n) is 7.48. The highest BCUT2D eigenvalue weighted by molar-refractivity contribution is 6.39. The molecule has 0 aliphatic rings. The second-order valence-electron chi connectivity index (χ2n) is 5.14. The van der Waals surface area contributed by atoms with E-state index in [-0.39, 0.29) is 0 Å². The lowest BCUT2D eigenvalue weighted by Gasteiger charge is -2.07. The van der Waals surface area contributed by atoms with Crippen LogP contribution in [0.3, 0.4) is 0 Å². The fourth-order valence-corrected chi connectivity index (χ4v) is 2.74. The van der Waals surface area contributed by atoms with Crippen molar-refractivity contribution in [1.82, 2.24) is 15.6 Å². The number of pyridine rings is 1. The minimum Gasteiger partial charge on any atom is -0.359 e. The fraction of sp³-hybridized carbons (Fsp3) is 0.0588. The summed E-state index contributed by atoms with van der Waals surface area (Å²) in [6.45, 7) is 1.66. The van der Waals surface area contributed by atoms with Crippen molar-refractivity contribution >= 4 is 41.1 Å². The van der Waals surface area contributed by atoms with Gasteiger partial charge in [-0.25, -0.2) is 10.2 Å². The van der Waals surface area contributed by atoms with E-state index in [1.54, 1.807) is 43.5 Å². The number of anilines is 1. The third-order valence-corrected chi connectivity index (χ3v) is 3.98. The molecule has 26 heavy (non-hydrogen) atoms. The molecule has 2 N–H and O–H groups in total.